The van der Waals surface area contributed by atoms with Crippen LogP contribution >= 0.6 is 11.3 Å². The zero-order valence-electron chi connectivity index (χ0n) is 9.40. The molecule has 17 heavy (non-hydrogen) atoms. The SMILES string of the molecule is O=C(Cc1ccsc1)c1ccc2c(c1)CCN2. The molecule has 2 nitrogen and oxygen atoms in total. The van der Waals surface area contributed by atoms with Crippen LogP contribution in [0.2, 0.25) is 0 Å². The van der Waals surface area contributed by atoms with E-state index in [0.29, 0.717) is 6.42 Å². The van der Waals surface area contributed by atoms with E-state index >= 15 is 0 Å². The highest BCUT2D eigenvalue weighted by molar-refractivity contribution is 7.08. The third-order valence-electron chi connectivity index (χ3n) is 3.08. The van der Waals surface area contributed by atoms with Gasteiger partial charge < -0.3 is 5.32 Å². The number of carbonyl (C=O) groups is 1. The average molecular weight is 243 g/mol. The third-order valence-corrected chi connectivity index (χ3v) is 3.81. The summed E-state index contributed by atoms with van der Waals surface area (Å²) in [5, 5.41) is 7.35. The zero-order chi connectivity index (χ0) is 11.7. The van der Waals surface area contributed by atoms with Crippen molar-refractivity contribution in [1.29, 1.82) is 0 Å². The Hall–Kier alpha value is -1.61. The normalized spacial score (nSPS) is 13.2. The molecule has 1 N–H and O–H groups in total. The first kappa shape index (κ1) is 10.5. The lowest BCUT2D eigenvalue weighted by atomic mass is 10.0. The van der Waals surface area contributed by atoms with Gasteiger partial charge in [0.15, 0.2) is 5.78 Å². The highest BCUT2D eigenvalue weighted by Crippen LogP contribution is 2.23. The van der Waals surface area contributed by atoms with Gasteiger partial charge in [0.2, 0.25) is 0 Å². The molecule has 1 aliphatic rings. The molecule has 0 fully saturated rings. The molecule has 0 amide bonds. The van der Waals surface area contributed by atoms with Crippen LogP contribution in [0.15, 0.2) is 35.0 Å². The molecular formula is C14H13NOS. The van der Waals surface area contributed by atoms with Crippen LogP contribution in [0.1, 0.15) is 21.5 Å². The topological polar surface area (TPSA) is 29.1 Å². The molecule has 2 aromatic rings. The molecule has 0 spiro atoms. The maximum absolute atomic E-state index is 12.1. The van der Waals surface area contributed by atoms with Crippen molar-refractivity contribution in [1.82, 2.24) is 0 Å². The van der Waals surface area contributed by atoms with Crippen molar-refractivity contribution in [3.63, 3.8) is 0 Å². The molecular weight excluding hydrogens is 230 g/mol. The van der Waals surface area contributed by atoms with Gasteiger partial charge in [-0.1, -0.05) is 0 Å². The van der Waals surface area contributed by atoms with E-state index in [2.05, 4.69) is 5.32 Å². The van der Waals surface area contributed by atoms with Crippen LogP contribution in [0.3, 0.4) is 0 Å². The van der Waals surface area contributed by atoms with E-state index in [1.54, 1.807) is 11.3 Å². The lowest BCUT2D eigenvalue weighted by Gasteiger charge is -2.03. The van der Waals surface area contributed by atoms with Gasteiger partial charge in [-0.2, -0.15) is 11.3 Å². The predicted molar refractivity (Wildman–Crippen MR) is 71.0 cm³/mol. The number of hydrogen-bond donors (Lipinski definition) is 1. The smallest absolute Gasteiger partial charge is 0.167 e. The second-order valence-electron chi connectivity index (χ2n) is 4.28. The van der Waals surface area contributed by atoms with E-state index in [0.717, 1.165) is 24.1 Å². The number of carbonyl (C=O) groups excluding carboxylic acids is 1. The lowest BCUT2D eigenvalue weighted by Crippen LogP contribution is -2.03. The minimum atomic E-state index is 0.207. The monoisotopic (exact) mass is 243 g/mol. The van der Waals surface area contributed by atoms with E-state index < -0.39 is 0 Å². The fraction of sp³-hybridized carbons (Fsp3) is 0.214. The summed E-state index contributed by atoms with van der Waals surface area (Å²) < 4.78 is 0. The number of thiophene rings is 1. The molecule has 0 unspecified atom stereocenters. The lowest BCUT2D eigenvalue weighted by molar-refractivity contribution is 0.0993. The molecule has 1 aliphatic heterocycles. The fourth-order valence-corrected chi connectivity index (χ4v) is 2.83. The molecule has 0 aliphatic carbocycles. The highest BCUT2D eigenvalue weighted by Gasteiger charge is 2.13. The number of fused-ring (bicyclic) bond motifs is 1. The molecule has 0 atom stereocenters. The van der Waals surface area contributed by atoms with Crippen LogP contribution in [0.25, 0.3) is 0 Å². The summed E-state index contributed by atoms with van der Waals surface area (Å²) in [7, 11) is 0. The van der Waals surface area contributed by atoms with E-state index in [9.17, 15) is 4.79 Å². The summed E-state index contributed by atoms with van der Waals surface area (Å²) in [4.78, 5) is 12.1. The standard InChI is InChI=1S/C14H13NOS/c16-14(7-10-4-6-17-9-10)12-1-2-13-11(8-12)3-5-15-13/h1-2,4,6,8-9,15H,3,5,7H2. The summed E-state index contributed by atoms with van der Waals surface area (Å²) in [6.45, 7) is 0.984. The van der Waals surface area contributed by atoms with Crippen molar-refractivity contribution in [2.24, 2.45) is 0 Å². The Morgan fingerprint density at radius 3 is 3.12 bits per heavy atom. The molecule has 86 valence electrons. The zero-order valence-corrected chi connectivity index (χ0v) is 10.2. The molecule has 2 heterocycles. The van der Waals surface area contributed by atoms with Gasteiger partial charge in [0, 0.05) is 24.2 Å². The number of benzene rings is 1. The van der Waals surface area contributed by atoms with Gasteiger partial charge in [0.25, 0.3) is 0 Å². The summed E-state index contributed by atoms with van der Waals surface area (Å²) in [6, 6.07) is 7.98. The summed E-state index contributed by atoms with van der Waals surface area (Å²) in [5.74, 6) is 0.207. The maximum Gasteiger partial charge on any atom is 0.167 e. The van der Waals surface area contributed by atoms with E-state index in [-0.39, 0.29) is 5.78 Å². The van der Waals surface area contributed by atoms with Crippen molar-refractivity contribution in [3.8, 4) is 0 Å². The van der Waals surface area contributed by atoms with Gasteiger partial charge in [0.05, 0.1) is 0 Å². The van der Waals surface area contributed by atoms with Crippen LogP contribution < -0.4 is 5.32 Å². The van der Waals surface area contributed by atoms with Crippen LogP contribution in [-0.4, -0.2) is 12.3 Å². The average Bonchev–Trinajstić information content (AvgIpc) is 2.97. The second-order valence-corrected chi connectivity index (χ2v) is 5.06. The largest absolute Gasteiger partial charge is 0.384 e. The van der Waals surface area contributed by atoms with Crippen molar-refractivity contribution in [2.75, 3.05) is 11.9 Å². The Bertz CT molecular complexity index is 545. The summed E-state index contributed by atoms with van der Waals surface area (Å²) >= 11 is 1.63. The number of rotatable bonds is 3. The van der Waals surface area contributed by atoms with Crippen molar-refractivity contribution >= 4 is 22.8 Å². The number of anilines is 1. The molecule has 3 rings (SSSR count). The van der Waals surface area contributed by atoms with Crippen LogP contribution in [0, 0.1) is 0 Å². The molecule has 0 saturated heterocycles. The molecule has 0 bridgehead atoms. The Labute approximate surface area is 104 Å². The summed E-state index contributed by atoms with van der Waals surface area (Å²) in [5.41, 5.74) is 4.38. The van der Waals surface area contributed by atoms with Gasteiger partial charge in [0.1, 0.15) is 0 Å². The van der Waals surface area contributed by atoms with Crippen LogP contribution in [-0.2, 0) is 12.8 Å². The quantitative estimate of drug-likeness (QED) is 0.839. The maximum atomic E-state index is 12.1. The van der Waals surface area contributed by atoms with E-state index in [4.69, 9.17) is 0 Å². The van der Waals surface area contributed by atoms with Gasteiger partial charge >= 0.3 is 0 Å². The minimum Gasteiger partial charge on any atom is -0.384 e. The first-order chi connectivity index (χ1) is 8.33. The first-order valence-corrected chi connectivity index (χ1v) is 6.68. The molecule has 0 saturated carbocycles. The fourth-order valence-electron chi connectivity index (χ4n) is 2.16. The number of ketones is 1. The third kappa shape index (κ3) is 2.11. The number of Topliss-reactive ketones (excluding diaryl/α,β-unsaturated/α-hetero) is 1. The van der Waals surface area contributed by atoms with Crippen molar-refractivity contribution in [3.05, 3.63) is 51.7 Å². The van der Waals surface area contributed by atoms with Crippen molar-refractivity contribution < 1.29 is 4.79 Å². The Morgan fingerprint density at radius 1 is 1.35 bits per heavy atom. The Morgan fingerprint density at radius 2 is 2.29 bits per heavy atom. The predicted octanol–water partition coefficient (Wildman–Crippen LogP) is 3.14. The number of nitrogens with one attached hydrogen (secondary N) is 1. The van der Waals surface area contributed by atoms with Gasteiger partial charge in [-0.15, -0.1) is 0 Å². The van der Waals surface area contributed by atoms with Crippen LogP contribution in [0.5, 0.6) is 0 Å². The van der Waals surface area contributed by atoms with Gasteiger partial charge in [-0.05, 0) is 52.6 Å². The van der Waals surface area contributed by atoms with Gasteiger partial charge in [-0.3, -0.25) is 4.79 Å². The Balaban J connectivity index is 1.82. The highest BCUT2D eigenvalue weighted by atomic mass is 32.1. The molecule has 1 aromatic carbocycles. The molecule has 0 radical (unpaired) electrons. The van der Waals surface area contributed by atoms with Crippen molar-refractivity contribution in [2.45, 2.75) is 12.8 Å². The summed E-state index contributed by atoms with van der Waals surface area (Å²) in [6.07, 6.45) is 1.53. The second kappa shape index (κ2) is 4.34. The molecule has 3 heteroatoms. The number of hydrogen-bond acceptors (Lipinski definition) is 3. The minimum absolute atomic E-state index is 0.207. The van der Waals surface area contributed by atoms with E-state index in [1.807, 2.05) is 35.0 Å². The van der Waals surface area contributed by atoms with Crippen LogP contribution in [0.4, 0.5) is 5.69 Å². The van der Waals surface area contributed by atoms with Gasteiger partial charge in [-0.25, -0.2) is 0 Å². The van der Waals surface area contributed by atoms with E-state index in [1.165, 1.54) is 11.3 Å². The Kier molecular flexibility index (Phi) is 2.69. The first-order valence-electron chi connectivity index (χ1n) is 5.74. The molecule has 1 aromatic heterocycles.